The first-order valence-corrected chi connectivity index (χ1v) is 7.29. The van der Waals surface area contributed by atoms with E-state index in [0.29, 0.717) is 0 Å². The third-order valence-electron chi connectivity index (χ3n) is 4.18. The van der Waals surface area contributed by atoms with Gasteiger partial charge in [-0.2, -0.15) is 0 Å². The summed E-state index contributed by atoms with van der Waals surface area (Å²) in [6.07, 6.45) is 0. The molecule has 0 aliphatic heterocycles. The second-order valence-electron chi connectivity index (χ2n) is 5.59. The molecule has 0 saturated heterocycles. The van der Waals surface area contributed by atoms with Gasteiger partial charge in [-0.3, -0.25) is 4.98 Å². The molecule has 0 aliphatic rings. The highest BCUT2D eigenvalue weighted by atomic mass is 15.0. The topological polar surface area (TPSA) is 29.9 Å². The second kappa shape index (κ2) is 5.24. The Morgan fingerprint density at radius 2 is 1.81 bits per heavy atom. The Labute approximate surface area is 125 Å². The van der Waals surface area contributed by atoms with Gasteiger partial charge in [0.15, 0.2) is 0 Å². The number of anilines is 1. The Morgan fingerprint density at radius 1 is 1.05 bits per heavy atom. The van der Waals surface area contributed by atoms with Crippen LogP contribution in [0.15, 0.2) is 36.4 Å². The van der Waals surface area contributed by atoms with Crippen LogP contribution in [0, 0.1) is 20.8 Å². The zero-order valence-electron chi connectivity index (χ0n) is 13.1. The van der Waals surface area contributed by atoms with Gasteiger partial charge in [0.1, 0.15) is 0 Å². The van der Waals surface area contributed by atoms with E-state index in [2.05, 4.69) is 59.2 Å². The van der Waals surface area contributed by atoms with Gasteiger partial charge in [0.25, 0.3) is 0 Å². The van der Waals surface area contributed by atoms with Crippen molar-refractivity contribution in [2.24, 2.45) is 7.05 Å². The van der Waals surface area contributed by atoms with E-state index in [-0.39, 0.29) is 0 Å². The number of aryl methyl sites for hydroxylation is 4. The first-order chi connectivity index (χ1) is 10.1. The molecule has 0 spiro atoms. The molecule has 3 aromatic rings. The van der Waals surface area contributed by atoms with Crippen molar-refractivity contribution in [2.45, 2.75) is 27.3 Å². The second-order valence-corrected chi connectivity index (χ2v) is 5.59. The van der Waals surface area contributed by atoms with Gasteiger partial charge in [-0.15, -0.1) is 0 Å². The average molecular weight is 279 g/mol. The van der Waals surface area contributed by atoms with Crippen molar-refractivity contribution in [3.05, 3.63) is 59.0 Å². The lowest BCUT2D eigenvalue weighted by Crippen LogP contribution is -2.07. The van der Waals surface area contributed by atoms with Crippen LogP contribution >= 0.6 is 0 Å². The summed E-state index contributed by atoms with van der Waals surface area (Å²) >= 11 is 0. The van der Waals surface area contributed by atoms with E-state index in [4.69, 9.17) is 0 Å². The van der Waals surface area contributed by atoms with E-state index in [1.54, 1.807) is 0 Å². The molecule has 1 N–H and O–H groups in total. The van der Waals surface area contributed by atoms with Crippen LogP contribution in [-0.4, -0.2) is 9.55 Å². The first-order valence-electron chi connectivity index (χ1n) is 7.29. The Balaban J connectivity index is 1.92. The molecule has 2 aromatic heterocycles. The van der Waals surface area contributed by atoms with Crippen molar-refractivity contribution in [1.29, 1.82) is 0 Å². The normalized spacial score (nSPS) is 11.0. The van der Waals surface area contributed by atoms with Gasteiger partial charge in [-0.1, -0.05) is 18.2 Å². The van der Waals surface area contributed by atoms with Gasteiger partial charge >= 0.3 is 0 Å². The summed E-state index contributed by atoms with van der Waals surface area (Å²) in [6, 6.07) is 12.7. The van der Waals surface area contributed by atoms with Gasteiger partial charge in [0, 0.05) is 29.3 Å². The largest absolute Gasteiger partial charge is 0.378 e. The standard InChI is InChI=1S/C18H21N3/c1-12-9-10-16(14(3)20-12)19-11-18-13(2)15-7-5-6-8-17(15)21(18)4/h5-10,19H,11H2,1-4H3. The number of nitrogens with one attached hydrogen (secondary N) is 1. The number of fused-ring (bicyclic) bond motifs is 1. The van der Waals surface area contributed by atoms with Crippen LogP contribution in [0.5, 0.6) is 0 Å². The minimum Gasteiger partial charge on any atom is -0.378 e. The first kappa shape index (κ1) is 13.7. The fraction of sp³-hybridized carbons (Fsp3) is 0.278. The number of hydrogen-bond donors (Lipinski definition) is 1. The number of pyridine rings is 1. The minimum absolute atomic E-state index is 0.808. The van der Waals surface area contributed by atoms with Crippen LogP contribution in [0.25, 0.3) is 10.9 Å². The van der Waals surface area contributed by atoms with Gasteiger partial charge in [0.2, 0.25) is 0 Å². The summed E-state index contributed by atoms with van der Waals surface area (Å²) in [4.78, 5) is 4.50. The predicted molar refractivity (Wildman–Crippen MR) is 88.7 cm³/mol. The van der Waals surface area contributed by atoms with Gasteiger partial charge in [-0.05, 0) is 44.5 Å². The molecule has 0 bridgehead atoms. The van der Waals surface area contributed by atoms with Crippen LogP contribution < -0.4 is 5.32 Å². The number of nitrogens with zero attached hydrogens (tertiary/aromatic N) is 2. The molecule has 0 saturated carbocycles. The van der Waals surface area contributed by atoms with Crippen molar-refractivity contribution in [3.63, 3.8) is 0 Å². The number of hydrogen-bond acceptors (Lipinski definition) is 2. The molecule has 2 heterocycles. The van der Waals surface area contributed by atoms with E-state index in [0.717, 1.165) is 23.6 Å². The lowest BCUT2D eigenvalue weighted by atomic mass is 10.1. The Kier molecular flexibility index (Phi) is 3.42. The Bertz CT molecular complexity index is 761. The number of benzene rings is 1. The molecule has 0 fully saturated rings. The van der Waals surface area contributed by atoms with Crippen molar-refractivity contribution in [1.82, 2.24) is 9.55 Å². The fourth-order valence-electron chi connectivity index (χ4n) is 2.94. The molecule has 0 aliphatic carbocycles. The van der Waals surface area contributed by atoms with Crippen LogP contribution in [0.1, 0.15) is 22.6 Å². The molecular formula is C18H21N3. The summed E-state index contributed by atoms with van der Waals surface area (Å²) < 4.78 is 2.27. The molecule has 21 heavy (non-hydrogen) atoms. The number of aromatic nitrogens is 2. The molecule has 0 amide bonds. The van der Waals surface area contributed by atoms with Crippen LogP contribution in [0.2, 0.25) is 0 Å². The molecular weight excluding hydrogens is 258 g/mol. The minimum atomic E-state index is 0.808. The predicted octanol–water partition coefficient (Wildman–Crippen LogP) is 4.11. The summed E-state index contributed by atoms with van der Waals surface area (Å²) in [5.74, 6) is 0. The van der Waals surface area contributed by atoms with Crippen LogP contribution in [0.4, 0.5) is 5.69 Å². The molecule has 0 radical (unpaired) electrons. The summed E-state index contributed by atoms with van der Waals surface area (Å²) in [5.41, 5.74) is 7.15. The molecule has 3 rings (SSSR count). The average Bonchev–Trinajstić information content (AvgIpc) is 2.71. The zero-order chi connectivity index (χ0) is 15.0. The lowest BCUT2D eigenvalue weighted by Gasteiger charge is -2.11. The lowest BCUT2D eigenvalue weighted by molar-refractivity contribution is 0.860. The van der Waals surface area contributed by atoms with Crippen LogP contribution in [0.3, 0.4) is 0 Å². The highest BCUT2D eigenvalue weighted by molar-refractivity contribution is 5.85. The quantitative estimate of drug-likeness (QED) is 0.782. The summed E-state index contributed by atoms with van der Waals surface area (Å²) in [7, 11) is 2.13. The Morgan fingerprint density at radius 3 is 2.52 bits per heavy atom. The Hall–Kier alpha value is -2.29. The fourth-order valence-corrected chi connectivity index (χ4v) is 2.94. The monoisotopic (exact) mass is 279 g/mol. The van der Waals surface area contributed by atoms with Crippen molar-refractivity contribution < 1.29 is 0 Å². The zero-order valence-corrected chi connectivity index (χ0v) is 13.1. The summed E-state index contributed by atoms with van der Waals surface area (Å²) in [6.45, 7) is 7.07. The third kappa shape index (κ3) is 2.40. The van der Waals surface area contributed by atoms with E-state index in [1.165, 1.54) is 22.2 Å². The molecule has 0 atom stereocenters. The van der Waals surface area contributed by atoms with E-state index in [1.807, 2.05) is 19.9 Å². The van der Waals surface area contributed by atoms with E-state index < -0.39 is 0 Å². The highest BCUT2D eigenvalue weighted by Crippen LogP contribution is 2.25. The summed E-state index contributed by atoms with van der Waals surface area (Å²) in [5, 5.41) is 4.84. The number of rotatable bonds is 3. The van der Waals surface area contributed by atoms with E-state index in [9.17, 15) is 0 Å². The SMILES string of the molecule is Cc1ccc(NCc2c(C)c3ccccc3n2C)c(C)n1. The number of para-hydroxylation sites is 1. The smallest absolute Gasteiger partial charge is 0.0607 e. The molecule has 1 aromatic carbocycles. The molecule has 108 valence electrons. The molecule has 3 heteroatoms. The van der Waals surface area contributed by atoms with Crippen molar-refractivity contribution in [3.8, 4) is 0 Å². The maximum atomic E-state index is 4.50. The maximum Gasteiger partial charge on any atom is 0.0607 e. The van der Waals surface area contributed by atoms with Gasteiger partial charge < -0.3 is 9.88 Å². The van der Waals surface area contributed by atoms with Crippen LogP contribution in [-0.2, 0) is 13.6 Å². The van der Waals surface area contributed by atoms with Crippen molar-refractivity contribution >= 4 is 16.6 Å². The molecule has 0 unspecified atom stereocenters. The van der Waals surface area contributed by atoms with E-state index >= 15 is 0 Å². The highest BCUT2D eigenvalue weighted by Gasteiger charge is 2.11. The third-order valence-corrected chi connectivity index (χ3v) is 4.18. The van der Waals surface area contributed by atoms with Crippen molar-refractivity contribution in [2.75, 3.05) is 5.32 Å². The maximum absolute atomic E-state index is 4.50. The molecule has 3 nitrogen and oxygen atoms in total. The van der Waals surface area contributed by atoms with Gasteiger partial charge in [-0.25, -0.2) is 0 Å². The van der Waals surface area contributed by atoms with Gasteiger partial charge in [0.05, 0.1) is 17.9 Å².